The van der Waals surface area contributed by atoms with Gasteiger partial charge in [0.05, 0.1) is 53.7 Å². The van der Waals surface area contributed by atoms with Crippen molar-refractivity contribution in [3.63, 3.8) is 0 Å². The van der Waals surface area contributed by atoms with Gasteiger partial charge in [0.15, 0.2) is 45.6 Å². The molecule has 0 aliphatic rings. The summed E-state index contributed by atoms with van der Waals surface area (Å²) < 4.78 is 217. The van der Waals surface area contributed by atoms with Gasteiger partial charge in [0.2, 0.25) is 0 Å². The molecule has 0 fully saturated rings. The highest BCUT2D eigenvalue weighted by Gasteiger charge is 2.36. The molecule has 18 rings (SSSR count). The van der Waals surface area contributed by atoms with Gasteiger partial charge in [0.1, 0.15) is 83.2 Å². The van der Waals surface area contributed by atoms with Crippen LogP contribution in [0.15, 0.2) is 201 Å². The maximum Gasteiger partial charge on any atom is 0.393 e. The lowest BCUT2D eigenvalue weighted by molar-refractivity contribution is -0.128. The molecular weight excluding hydrogens is 1670 g/mol. The zero-order valence-corrected chi connectivity index (χ0v) is 64.9. The molecule has 6 atom stereocenters. The number of rotatable bonds is 17. The third-order valence-corrected chi connectivity index (χ3v) is 21.2. The van der Waals surface area contributed by atoms with Gasteiger partial charge in [-0.1, -0.05) is 50.2 Å². The van der Waals surface area contributed by atoms with E-state index in [0.717, 1.165) is 77.3 Å². The Morgan fingerprint density at radius 1 is 0.311 bits per heavy atom. The van der Waals surface area contributed by atoms with Crippen LogP contribution in [-0.4, -0.2) is 109 Å². The molecule has 0 saturated heterocycles. The molecule has 39 heteroatoms. The average molecular weight is 1740 g/mol. The first-order valence-corrected chi connectivity index (χ1v) is 38.3. The molecule has 22 nitrogen and oxygen atoms in total. The predicted octanol–water partition coefficient (Wildman–Crippen LogP) is 19.9. The summed E-state index contributed by atoms with van der Waals surface area (Å²) in [6.07, 6.45) is 0.0674. The van der Waals surface area contributed by atoms with Gasteiger partial charge in [-0.25, -0.2) is 56.2 Å². The van der Waals surface area contributed by atoms with Crippen LogP contribution in [-0.2, 0) is 32.1 Å². The number of aliphatic hydroxyl groups excluding tert-OH is 6. The van der Waals surface area contributed by atoms with E-state index >= 15 is 0 Å². The third-order valence-electron chi connectivity index (χ3n) is 19.2. The van der Waals surface area contributed by atoms with Crippen molar-refractivity contribution in [1.82, 2.24) is 59.8 Å². The van der Waals surface area contributed by atoms with Crippen LogP contribution in [0.2, 0.25) is 0 Å². The SMILES string of the molecule is CCc1csc2c(F)ccc(C(O)c3ncc[nH]3)c12.CCc1csc2c(F)ccc(C(O)c3ncc[nH]3)c12.Cc1coc2c(F)ccc(C(O)c3ncc[nH]3)c12.OC(c1ncc[nH]1)c1ccc(F)c2occ(CC(F)(F)F)c12.OC(c1ncc[nH]1)c1ccc(F)c2occ(CC(F)(F)F)c12.OC(c1ncc[nH]1)c1ccc(F)c2occ(CC(F)(F)F)c12. The van der Waals surface area contributed by atoms with Crippen molar-refractivity contribution in [1.29, 1.82) is 0 Å². The standard InChI is InChI=1S/3C14H10F4N2O2.2C14H13FN2OS.C13H11FN2O2/c3*15-9-2-1-8(11(21)13-19-3-4-20-13)10-7(5-14(16,17)18)6-22-12(9)10;2*1-2-8-7-19-13-10(15)4-3-9(11(8)13)12(18)14-16-5-6-17-14;1-7-6-18-12-9(14)3-2-8(10(7)12)11(17)13-15-4-5-16-13/h3*1-4,6,11,21H,5H2,(H,19,20);2*3-7,12,18H,2H2,1H3,(H,16,17);2-6,11,17H,1H3,(H,15,16). The van der Waals surface area contributed by atoms with Gasteiger partial charge in [-0.05, 0) is 117 Å². The van der Waals surface area contributed by atoms with Crippen molar-refractivity contribution in [3.8, 4) is 0 Å². The number of aromatic nitrogens is 12. The molecule has 0 spiro atoms. The first-order valence-electron chi connectivity index (χ1n) is 36.5. The maximum atomic E-state index is 13.8. The Hall–Kier alpha value is -12.6. The van der Waals surface area contributed by atoms with Crippen LogP contribution in [0.3, 0.4) is 0 Å². The van der Waals surface area contributed by atoms with Crippen molar-refractivity contribution >= 4 is 86.7 Å². The van der Waals surface area contributed by atoms with Crippen molar-refractivity contribution in [2.45, 2.75) is 108 Å². The molecule has 12 aromatic heterocycles. The lowest BCUT2D eigenvalue weighted by Gasteiger charge is -2.12. The minimum atomic E-state index is -4.48. The summed E-state index contributed by atoms with van der Waals surface area (Å²) in [5.41, 5.74) is 3.67. The number of hydrogen-bond donors (Lipinski definition) is 12. The Morgan fingerprint density at radius 2 is 0.533 bits per heavy atom. The van der Waals surface area contributed by atoms with Crippen LogP contribution in [0.4, 0.5) is 65.9 Å². The van der Waals surface area contributed by atoms with Gasteiger partial charge < -0.3 is 78.2 Å². The Labute approximate surface area is 685 Å². The molecule has 12 heterocycles. The number of alkyl halides is 9. The van der Waals surface area contributed by atoms with Gasteiger partial charge in [-0.15, -0.1) is 22.7 Å². The minimum Gasteiger partial charge on any atom is -0.461 e. The number of fused-ring (bicyclic) bond motifs is 6. The molecule has 12 N–H and O–H groups in total. The molecule has 636 valence electrons. The Kier molecular flexibility index (Phi) is 26.3. The van der Waals surface area contributed by atoms with E-state index < -0.39 is 97.7 Å². The van der Waals surface area contributed by atoms with E-state index in [0.29, 0.717) is 48.9 Å². The fourth-order valence-electron chi connectivity index (χ4n) is 13.7. The highest BCUT2D eigenvalue weighted by Crippen LogP contribution is 2.43. The topological polar surface area (TPSA) is 346 Å². The molecule has 122 heavy (non-hydrogen) atoms. The second-order valence-electron chi connectivity index (χ2n) is 27.1. The molecule has 6 aromatic carbocycles. The summed E-state index contributed by atoms with van der Waals surface area (Å²) in [5.74, 6) is -1.49. The molecule has 0 bridgehead atoms. The Morgan fingerprint density at radius 3 is 0.762 bits per heavy atom. The average Bonchev–Trinajstić information content (AvgIpc) is 1.60. The molecular formula is C83H67F15N12O10S2. The second kappa shape index (κ2) is 36.8. The molecule has 0 aliphatic heterocycles. The summed E-state index contributed by atoms with van der Waals surface area (Å²) in [6, 6.07) is 15.7. The predicted molar refractivity (Wildman–Crippen MR) is 417 cm³/mol. The fourth-order valence-corrected chi connectivity index (χ4v) is 15.9. The quantitative estimate of drug-likeness (QED) is 0.0377. The number of imidazole rings is 6. The second-order valence-corrected chi connectivity index (χ2v) is 28.9. The summed E-state index contributed by atoms with van der Waals surface area (Å²) in [4.78, 5) is 40.3. The van der Waals surface area contributed by atoms with Crippen LogP contribution in [0, 0.1) is 41.8 Å². The van der Waals surface area contributed by atoms with E-state index in [9.17, 15) is 96.5 Å². The Bertz CT molecular complexity index is 6050. The summed E-state index contributed by atoms with van der Waals surface area (Å²) in [5, 5.41) is 67.7. The minimum absolute atomic E-state index is 0.0822. The van der Waals surface area contributed by atoms with Gasteiger partial charge in [-0.3, -0.25) is 0 Å². The zero-order valence-electron chi connectivity index (χ0n) is 63.3. The zero-order chi connectivity index (χ0) is 87.2. The third kappa shape index (κ3) is 19.1. The smallest absolute Gasteiger partial charge is 0.393 e. The normalized spacial score (nSPS) is 13.4. The molecule has 0 aliphatic carbocycles. The van der Waals surface area contributed by atoms with Crippen molar-refractivity contribution in [2.75, 3.05) is 0 Å². The number of thiophene rings is 2. The van der Waals surface area contributed by atoms with Crippen molar-refractivity contribution in [2.24, 2.45) is 0 Å². The van der Waals surface area contributed by atoms with E-state index in [4.69, 9.17) is 17.7 Å². The highest BCUT2D eigenvalue weighted by atomic mass is 32.1. The molecule has 18 aromatic rings. The molecule has 0 saturated carbocycles. The van der Waals surface area contributed by atoms with E-state index in [1.807, 2.05) is 31.5 Å². The lowest BCUT2D eigenvalue weighted by Crippen LogP contribution is -2.12. The highest BCUT2D eigenvalue weighted by molar-refractivity contribution is 7.17. The molecule has 6 unspecified atom stereocenters. The Balaban J connectivity index is 0.000000126. The van der Waals surface area contributed by atoms with Crippen molar-refractivity contribution in [3.05, 3.63) is 320 Å². The number of H-pyrrole nitrogens is 6. The lowest BCUT2D eigenvalue weighted by atomic mass is 9.99. The van der Waals surface area contributed by atoms with E-state index in [1.54, 1.807) is 55.4 Å². The number of hydrogen-bond acceptors (Lipinski definition) is 18. The van der Waals surface area contributed by atoms with Crippen molar-refractivity contribution < 1.29 is 114 Å². The number of halogens is 15. The van der Waals surface area contributed by atoms with E-state index in [-0.39, 0.29) is 101 Å². The van der Waals surface area contributed by atoms with Crippen LogP contribution < -0.4 is 0 Å². The summed E-state index contributed by atoms with van der Waals surface area (Å²) >= 11 is 2.75. The number of furan rings is 4. The number of benzene rings is 6. The first-order chi connectivity index (χ1) is 58.2. The maximum absolute atomic E-state index is 13.8. The van der Waals surface area contributed by atoms with Gasteiger partial charge in [0, 0.05) is 123 Å². The largest absolute Gasteiger partial charge is 0.461 e. The van der Waals surface area contributed by atoms with Crippen LogP contribution in [0.5, 0.6) is 0 Å². The fraction of sp³-hybridized carbons (Fsp3) is 0.205. The number of aliphatic hydroxyl groups is 6. The van der Waals surface area contributed by atoms with Gasteiger partial charge in [-0.2, -0.15) is 39.5 Å². The number of nitrogens with zero attached hydrogens (tertiary/aromatic N) is 6. The van der Waals surface area contributed by atoms with E-state index in [1.165, 1.54) is 103 Å². The molecule has 0 amide bonds. The van der Waals surface area contributed by atoms with E-state index in [2.05, 4.69) is 59.8 Å². The monoisotopic (exact) mass is 1740 g/mol. The van der Waals surface area contributed by atoms with Gasteiger partial charge >= 0.3 is 18.5 Å². The first kappa shape index (κ1) is 87.2. The summed E-state index contributed by atoms with van der Waals surface area (Å²) in [7, 11) is 0. The van der Waals surface area contributed by atoms with Crippen LogP contribution >= 0.6 is 22.7 Å². The van der Waals surface area contributed by atoms with Gasteiger partial charge in [0.25, 0.3) is 0 Å². The number of aryl methyl sites for hydroxylation is 3. The molecule has 0 radical (unpaired) electrons. The number of aromatic amines is 6. The van der Waals surface area contributed by atoms with Crippen LogP contribution in [0.1, 0.15) is 152 Å². The van der Waals surface area contributed by atoms with Crippen LogP contribution in [0.25, 0.3) is 64.0 Å². The number of nitrogens with one attached hydrogen (secondary N) is 6. The summed E-state index contributed by atoms with van der Waals surface area (Å²) in [6.45, 7) is 5.86.